The number of rotatable bonds is 4. The fourth-order valence-electron chi connectivity index (χ4n) is 4.07. The van der Waals surface area contributed by atoms with E-state index >= 15 is 0 Å². The van der Waals surface area contributed by atoms with Crippen molar-refractivity contribution >= 4 is 11.5 Å². The summed E-state index contributed by atoms with van der Waals surface area (Å²) < 4.78 is 6.02. The van der Waals surface area contributed by atoms with Crippen molar-refractivity contribution in [2.45, 2.75) is 25.9 Å². The van der Waals surface area contributed by atoms with Crippen molar-refractivity contribution in [1.29, 1.82) is 0 Å². The average Bonchev–Trinajstić information content (AvgIpc) is 3.11. The van der Waals surface area contributed by atoms with Gasteiger partial charge in [-0.3, -0.25) is 9.69 Å². The summed E-state index contributed by atoms with van der Waals surface area (Å²) in [5.41, 5.74) is 4.71. The molecule has 2 aromatic rings. The summed E-state index contributed by atoms with van der Waals surface area (Å²) in [6.07, 6.45) is 3.96. The molecule has 0 aromatic heterocycles. The maximum absolute atomic E-state index is 13.1. The van der Waals surface area contributed by atoms with Gasteiger partial charge in [-0.1, -0.05) is 67.6 Å². The number of aryl methyl sites for hydroxylation is 1. The van der Waals surface area contributed by atoms with Crippen LogP contribution < -0.4 is 0 Å². The van der Waals surface area contributed by atoms with E-state index in [0.29, 0.717) is 0 Å². The second-order valence-corrected chi connectivity index (χ2v) is 7.09. The Balaban J connectivity index is 1.57. The number of fused-ring (bicyclic) bond motifs is 1. The molecule has 1 heterocycles. The normalized spacial score (nSPS) is 22.6. The van der Waals surface area contributed by atoms with E-state index in [4.69, 9.17) is 4.74 Å². The molecule has 2 aliphatic rings. The highest BCUT2D eigenvalue weighted by Crippen LogP contribution is 2.36. The van der Waals surface area contributed by atoms with Crippen molar-refractivity contribution < 1.29 is 9.53 Å². The first-order chi connectivity index (χ1) is 12.8. The van der Waals surface area contributed by atoms with Crippen LogP contribution in [0.1, 0.15) is 36.1 Å². The molecular formula is C23H25NO2. The molecule has 0 bridgehead atoms. The van der Waals surface area contributed by atoms with E-state index in [2.05, 4.69) is 48.2 Å². The zero-order chi connectivity index (χ0) is 17.9. The maximum atomic E-state index is 13.1. The van der Waals surface area contributed by atoms with Crippen LogP contribution in [-0.2, 0) is 16.0 Å². The molecule has 0 fully saturated rings. The van der Waals surface area contributed by atoms with E-state index in [1.165, 1.54) is 11.1 Å². The number of hydrogen-bond donors (Lipinski definition) is 0. The molecule has 0 amide bonds. The van der Waals surface area contributed by atoms with Gasteiger partial charge in [0.25, 0.3) is 0 Å². The van der Waals surface area contributed by atoms with Gasteiger partial charge in [-0.25, -0.2) is 0 Å². The molecule has 0 radical (unpaired) electrons. The molecule has 26 heavy (non-hydrogen) atoms. The van der Waals surface area contributed by atoms with Gasteiger partial charge in [0.15, 0.2) is 0 Å². The Kier molecular flexibility index (Phi) is 4.89. The van der Waals surface area contributed by atoms with Crippen LogP contribution in [0.5, 0.6) is 0 Å². The summed E-state index contributed by atoms with van der Waals surface area (Å²) >= 11 is 0. The Hall–Kier alpha value is -2.39. The molecule has 0 N–H and O–H groups in total. The molecule has 0 saturated heterocycles. The minimum absolute atomic E-state index is 0.0973. The fraction of sp³-hybridized carbons (Fsp3) is 0.348. The standard InChI is InChI=1S/C23H25NO2/c1-2-24-15-14-19(17-8-4-3-5-9-17)21(16-24)23(25)26-22-13-12-18-10-6-7-11-20(18)22/h3-11,14,21-22H,2,12-13,15-16H2,1H3. The van der Waals surface area contributed by atoms with Crippen molar-refractivity contribution in [3.63, 3.8) is 0 Å². The third-order valence-corrected chi connectivity index (χ3v) is 5.56. The lowest BCUT2D eigenvalue weighted by Gasteiger charge is -2.32. The first-order valence-corrected chi connectivity index (χ1v) is 9.52. The summed E-state index contributed by atoms with van der Waals surface area (Å²) in [7, 11) is 0. The van der Waals surface area contributed by atoms with E-state index in [1.807, 2.05) is 24.3 Å². The number of carbonyl (C=O) groups is 1. The van der Waals surface area contributed by atoms with Crippen LogP contribution in [0.3, 0.4) is 0 Å². The van der Waals surface area contributed by atoms with Crippen LogP contribution in [0, 0.1) is 5.92 Å². The van der Waals surface area contributed by atoms with Crippen molar-refractivity contribution in [2.24, 2.45) is 5.92 Å². The van der Waals surface area contributed by atoms with Crippen molar-refractivity contribution in [2.75, 3.05) is 19.6 Å². The number of nitrogens with zero attached hydrogens (tertiary/aromatic N) is 1. The third-order valence-electron chi connectivity index (χ3n) is 5.56. The zero-order valence-corrected chi connectivity index (χ0v) is 15.2. The average molecular weight is 347 g/mol. The van der Waals surface area contributed by atoms with Crippen molar-refractivity contribution in [1.82, 2.24) is 4.90 Å². The fourth-order valence-corrected chi connectivity index (χ4v) is 4.07. The van der Waals surface area contributed by atoms with Crippen LogP contribution in [0.25, 0.3) is 5.57 Å². The minimum atomic E-state index is -0.223. The van der Waals surface area contributed by atoms with Gasteiger partial charge in [0.05, 0.1) is 5.92 Å². The third kappa shape index (κ3) is 3.32. The molecular weight excluding hydrogens is 322 g/mol. The maximum Gasteiger partial charge on any atom is 0.315 e. The van der Waals surface area contributed by atoms with E-state index in [1.54, 1.807) is 0 Å². The second kappa shape index (κ2) is 7.46. The molecule has 0 saturated carbocycles. The smallest absolute Gasteiger partial charge is 0.315 e. The molecule has 3 heteroatoms. The van der Waals surface area contributed by atoms with E-state index in [0.717, 1.165) is 43.6 Å². The summed E-state index contributed by atoms with van der Waals surface area (Å²) in [4.78, 5) is 15.4. The van der Waals surface area contributed by atoms with Crippen molar-refractivity contribution in [3.8, 4) is 0 Å². The van der Waals surface area contributed by atoms with Crippen LogP contribution in [0.2, 0.25) is 0 Å². The van der Waals surface area contributed by atoms with Gasteiger partial charge in [0, 0.05) is 13.1 Å². The second-order valence-electron chi connectivity index (χ2n) is 7.09. The summed E-state index contributed by atoms with van der Waals surface area (Å²) in [6, 6.07) is 18.5. The van der Waals surface area contributed by atoms with Gasteiger partial charge in [-0.15, -0.1) is 0 Å². The lowest BCUT2D eigenvalue weighted by atomic mass is 9.89. The SMILES string of the molecule is CCN1CC=C(c2ccccc2)C(C(=O)OC2CCc3ccccc32)C1. The number of esters is 1. The molecule has 2 unspecified atom stereocenters. The quantitative estimate of drug-likeness (QED) is 0.774. The lowest BCUT2D eigenvalue weighted by molar-refractivity contribution is -0.153. The molecule has 134 valence electrons. The van der Waals surface area contributed by atoms with Gasteiger partial charge >= 0.3 is 5.97 Å². The molecule has 2 atom stereocenters. The van der Waals surface area contributed by atoms with Gasteiger partial charge in [-0.05, 0) is 41.6 Å². The van der Waals surface area contributed by atoms with Gasteiger partial charge in [0.2, 0.25) is 0 Å². The highest BCUT2D eigenvalue weighted by Gasteiger charge is 2.33. The Bertz CT molecular complexity index is 812. The Morgan fingerprint density at radius 3 is 2.69 bits per heavy atom. The molecule has 2 aromatic carbocycles. The Morgan fingerprint density at radius 2 is 1.88 bits per heavy atom. The topological polar surface area (TPSA) is 29.5 Å². The van der Waals surface area contributed by atoms with E-state index in [-0.39, 0.29) is 18.0 Å². The number of benzene rings is 2. The zero-order valence-electron chi connectivity index (χ0n) is 15.2. The number of carbonyl (C=O) groups excluding carboxylic acids is 1. The van der Waals surface area contributed by atoms with Crippen molar-refractivity contribution in [3.05, 3.63) is 77.4 Å². The predicted octanol–water partition coefficient (Wildman–Crippen LogP) is 4.25. The van der Waals surface area contributed by atoms with Crippen LogP contribution >= 0.6 is 0 Å². The van der Waals surface area contributed by atoms with Crippen LogP contribution in [0.4, 0.5) is 0 Å². The number of hydrogen-bond acceptors (Lipinski definition) is 3. The van der Waals surface area contributed by atoms with E-state index in [9.17, 15) is 4.79 Å². The molecule has 3 nitrogen and oxygen atoms in total. The summed E-state index contributed by atoms with van der Waals surface area (Å²) in [5.74, 6) is -0.321. The predicted molar refractivity (Wildman–Crippen MR) is 104 cm³/mol. The Labute approximate surface area is 155 Å². The highest BCUT2D eigenvalue weighted by atomic mass is 16.5. The summed E-state index contributed by atoms with van der Waals surface area (Å²) in [6.45, 7) is 4.69. The summed E-state index contributed by atoms with van der Waals surface area (Å²) in [5, 5.41) is 0. The van der Waals surface area contributed by atoms with Gasteiger partial charge < -0.3 is 4.74 Å². The molecule has 1 aliphatic carbocycles. The monoisotopic (exact) mass is 347 g/mol. The van der Waals surface area contributed by atoms with Gasteiger partial charge in [-0.2, -0.15) is 0 Å². The first-order valence-electron chi connectivity index (χ1n) is 9.52. The molecule has 4 rings (SSSR count). The Morgan fingerprint density at radius 1 is 1.12 bits per heavy atom. The van der Waals surface area contributed by atoms with Crippen LogP contribution in [0.15, 0.2) is 60.7 Å². The number of likely N-dealkylation sites (N-methyl/N-ethyl adjacent to an activating group) is 1. The highest BCUT2D eigenvalue weighted by molar-refractivity contribution is 5.89. The number of ether oxygens (including phenoxy) is 1. The molecule has 0 spiro atoms. The minimum Gasteiger partial charge on any atom is -0.457 e. The largest absolute Gasteiger partial charge is 0.457 e. The molecule has 1 aliphatic heterocycles. The van der Waals surface area contributed by atoms with E-state index < -0.39 is 0 Å². The lowest BCUT2D eigenvalue weighted by Crippen LogP contribution is -2.38. The van der Waals surface area contributed by atoms with Gasteiger partial charge in [0.1, 0.15) is 6.10 Å². The van der Waals surface area contributed by atoms with Crippen LogP contribution in [-0.4, -0.2) is 30.5 Å². The first kappa shape index (κ1) is 17.0.